The maximum absolute atomic E-state index is 5.25. The molecule has 0 spiro atoms. The van der Waals surface area contributed by atoms with Gasteiger partial charge in [0.2, 0.25) is 0 Å². The third-order valence-corrected chi connectivity index (χ3v) is 10.1. The van der Waals surface area contributed by atoms with Gasteiger partial charge in [-0.25, -0.2) is 9.98 Å². The van der Waals surface area contributed by atoms with Crippen LogP contribution < -0.4 is 5.32 Å². The third kappa shape index (κ3) is 4.98. The third-order valence-electron chi connectivity index (χ3n) is 10.1. The highest BCUT2D eigenvalue weighted by Gasteiger charge is 2.38. The van der Waals surface area contributed by atoms with Crippen LogP contribution in [0.5, 0.6) is 0 Å². The highest BCUT2D eigenvalue weighted by Crippen LogP contribution is 2.54. The van der Waals surface area contributed by atoms with Gasteiger partial charge in [-0.1, -0.05) is 172 Å². The number of nitrogens with zero attached hydrogens (tertiary/aromatic N) is 2. The molecule has 1 heterocycles. The van der Waals surface area contributed by atoms with Crippen LogP contribution in [0.3, 0.4) is 0 Å². The number of fused-ring (bicyclic) bond motifs is 4. The Hall–Kier alpha value is -6.06. The molecule has 1 atom stereocenters. The fourth-order valence-electron chi connectivity index (χ4n) is 7.57. The van der Waals surface area contributed by atoms with E-state index in [1.54, 1.807) is 0 Å². The minimum Gasteiger partial charge on any atom is -0.324 e. The van der Waals surface area contributed by atoms with Crippen LogP contribution in [0, 0.1) is 0 Å². The number of hydrogen-bond donors (Lipinski definition) is 1. The summed E-state index contributed by atoms with van der Waals surface area (Å²) >= 11 is 0. The molecule has 7 aromatic rings. The molecular weight excluding hydrogens is 595 g/mol. The van der Waals surface area contributed by atoms with Gasteiger partial charge in [0.15, 0.2) is 6.17 Å². The minimum absolute atomic E-state index is 0.201. The Bertz CT molecular complexity index is 2410. The van der Waals surface area contributed by atoms with Crippen LogP contribution in [0.2, 0.25) is 0 Å². The fraction of sp³-hybridized carbons (Fsp3) is 0.0870. The van der Waals surface area contributed by atoms with E-state index < -0.39 is 6.17 Å². The number of benzene rings is 7. The molecular formula is C46H35N3. The van der Waals surface area contributed by atoms with Gasteiger partial charge in [-0.2, -0.15) is 0 Å². The Morgan fingerprint density at radius 3 is 1.67 bits per heavy atom. The number of amidine groups is 2. The Morgan fingerprint density at radius 2 is 1.00 bits per heavy atom. The fourth-order valence-corrected chi connectivity index (χ4v) is 7.57. The molecule has 0 aromatic heterocycles. The van der Waals surface area contributed by atoms with Crippen molar-refractivity contribution in [3.05, 3.63) is 192 Å². The lowest BCUT2D eigenvalue weighted by molar-refractivity contribution is 0.656. The number of rotatable bonds is 5. The first-order valence-corrected chi connectivity index (χ1v) is 16.9. The lowest BCUT2D eigenvalue weighted by Crippen LogP contribution is -2.36. The SMILES string of the molecule is CC1(C)c2cc(C3N=C(c4ccccc4)NC(c4ccc(-c5ccccc5)cc4)=N3)ccc2-c2c1cc1ccccc1c2-c1ccccc1. The molecule has 7 aromatic carbocycles. The van der Waals surface area contributed by atoms with Crippen molar-refractivity contribution in [1.82, 2.24) is 5.32 Å². The summed E-state index contributed by atoms with van der Waals surface area (Å²) in [6.07, 6.45) is -0.391. The van der Waals surface area contributed by atoms with E-state index in [0.717, 1.165) is 28.4 Å². The molecule has 0 saturated heterocycles. The molecule has 1 unspecified atom stereocenters. The first kappa shape index (κ1) is 29.1. The molecule has 3 heteroatoms. The summed E-state index contributed by atoms with van der Waals surface area (Å²) in [6, 6.07) is 58.4. The molecule has 0 amide bonds. The standard InChI is InChI=1S/C46H35N3/c1-46(2)39-29-36(26-27-38(39)42-40(46)28-35-20-12-13-21-37(35)41(42)32-16-8-4-9-17-32)45-48-43(33-18-10-5-11-19-33)47-44(49-45)34-24-22-31(23-25-34)30-14-6-3-7-15-30/h3-29,45H,1-2H3,(H,47,48,49). The first-order chi connectivity index (χ1) is 24.0. The smallest absolute Gasteiger partial charge is 0.169 e. The van der Waals surface area contributed by atoms with Gasteiger partial charge in [0.25, 0.3) is 0 Å². The topological polar surface area (TPSA) is 36.8 Å². The highest BCUT2D eigenvalue weighted by atomic mass is 15.2. The van der Waals surface area contributed by atoms with E-state index in [1.165, 1.54) is 55.3 Å². The van der Waals surface area contributed by atoms with Crippen LogP contribution >= 0.6 is 0 Å². The maximum Gasteiger partial charge on any atom is 0.169 e. The van der Waals surface area contributed by atoms with Crippen molar-refractivity contribution in [2.75, 3.05) is 0 Å². The van der Waals surface area contributed by atoms with Gasteiger partial charge in [-0.15, -0.1) is 0 Å². The average molecular weight is 630 g/mol. The summed E-state index contributed by atoms with van der Waals surface area (Å²) in [5, 5.41) is 6.12. The zero-order valence-electron chi connectivity index (χ0n) is 27.6. The van der Waals surface area contributed by atoms with E-state index in [9.17, 15) is 0 Å². The Kier molecular flexibility index (Phi) is 6.87. The molecule has 2 aliphatic rings. The van der Waals surface area contributed by atoms with Crippen LogP contribution in [0.15, 0.2) is 174 Å². The molecule has 1 aliphatic heterocycles. The number of aliphatic imine (C=N–C) groups is 2. The van der Waals surface area contributed by atoms with Crippen LogP contribution in [-0.2, 0) is 5.41 Å². The van der Waals surface area contributed by atoms with Crippen LogP contribution in [0.4, 0.5) is 0 Å². The largest absolute Gasteiger partial charge is 0.324 e. The summed E-state index contributed by atoms with van der Waals surface area (Å²) in [5.74, 6) is 1.64. The van der Waals surface area contributed by atoms with E-state index in [1.807, 2.05) is 12.1 Å². The minimum atomic E-state index is -0.391. The first-order valence-electron chi connectivity index (χ1n) is 16.9. The number of nitrogens with one attached hydrogen (secondary N) is 1. The number of hydrogen-bond acceptors (Lipinski definition) is 3. The van der Waals surface area contributed by atoms with Crippen LogP contribution in [-0.4, -0.2) is 11.7 Å². The molecule has 3 nitrogen and oxygen atoms in total. The van der Waals surface area contributed by atoms with Crippen molar-refractivity contribution in [3.63, 3.8) is 0 Å². The second kappa shape index (κ2) is 11.6. The average Bonchev–Trinajstić information content (AvgIpc) is 3.39. The molecule has 9 rings (SSSR count). The van der Waals surface area contributed by atoms with E-state index in [0.29, 0.717) is 0 Å². The molecule has 234 valence electrons. The van der Waals surface area contributed by atoms with E-state index in [-0.39, 0.29) is 5.41 Å². The lowest BCUT2D eigenvalue weighted by atomic mass is 9.80. The molecule has 1 N–H and O–H groups in total. The van der Waals surface area contributed by atoms with Gasteiger partial charge >= 0.3 is 0 Å². The van der Waals surface area contributed by atoms with Crippen LogP contribution in [0.25, 0.3) is 44.2 Å². The van der Waals surface area contributed by atoms with E-state index in [4.69, 9.17) is 9.98 Å². The Labute approximate surface area is 287 Å². The van der Waals surface area contributed by atoms with Gasteiger partial charge in [-0.05, 0) is 66.9 Å². The Balaban J connectivity index is 1.17. The summed E-state index contributed by atoms with van der Waals surface area (Å²) in [4.78, 5) is 10.5. The van der Waals surface area contributed by atoms with Gasteiger partial charge in [0.05, 0.1) is 0 Å². The van der Waals surface area contributed by atoms with Crippen molar-refractivity contribution in [3.8, 4) is 33.4 Å². The van der Waals surface area contributed by atoms with E-state index >= 15 is 0 Å². The van der Waals surface area contributed by atoms with Crippen molar-refractivity contribution in [2.45, 2.75) is 25.4 Å². The molecule has 0 bridgehead atoms. The Morgan fingerprint density at radius 1 is 0.469 bits per heavy atom. The summed E-state index contributed by atoms with van der Waals surface area (Å²) in [7, 11) is 0. The molecule has 0 radical (unpaired) electrons. The quantitative estimate of drug-likeness (QED) is 0.202. The predicted molar refractivity (Wildman–Crippen MR) is 204 cm³/mol. The zero-order valence-corrected chi connectivity index (χ0v) is 27.6. The zero-order chi connectivity index (χ0) is 33.0. The summed E-state index contributed by atoms with van der Waals surface area (Å²) in [5.41, 5.74) is 13.2. The van der Waals surface area contributed by atoms with Crippen molar-refractivity contribution in [1.29, 1.82) is 0 Å². The molecule has 0 saturated carbocycles. The van der Waals surface area contributed by atoms with Gasteiger partial charge < -0.3 is 5.32 Å². The molecule has 0 fully saturated rings. The summed E-state index contributed by atoms with van der Waals surface area (Å²) in [6.45, 7) is 4.71. The molecule has 1 aliphatic carbocycles. The normalized spacial score (nSPS) is 15.9. The van der Waals surface area contributed by atoms with Gasteiger partial charge in [0.1, 0.15) is 11.7 Å². The lowest BCUT2D eigenvalue weighted by Gasteiger charge is -2.25. The predicted octanol–water partition coefficient (Wildman–Crippen LogP) is 11.0. The van der Waals surface area contributed by atoms with Gasteiger partial charge in [0, 0.05) is 16.5 Å². The second-order valence-electron chi connectivity index (χ2n) is 13.5. The van der Waals surface area contributed by atoms with Crippen molar-refractivity contribution >= 4 is 22.4 Å². The van der Waals surface area contributed by atoms with Gasteiger partial charge in [-0.3, -0.25) is 0 Å². The molecule has 49 heavy (non-hydrogen) atoms. The van der Waals surface area contributed by atoms with Crippen molar-refractivity contribution < 1.29 is 0 Å². The van der Waals surface area contributed by atoms with Crippen LogP contribution in [0.1, 0.15) is 47.8 Å². The summed E-state index contributed by atoms with van der Waals surface area (Å²) < 4.78 is 0. The highest BCUT2D eigenvalue weighted by molar-refractivity contribution is 6.16. The second-order valence-corrected chi connectivity index (χ2v) is 13.5. The maximum atomic E-state index is 5.25. The van der Waals surface area contributed by atoms with E-state index in [2.05, 4.69) is 171 Å². The van der Waals surface area contributed by atoms with Crippen molar-refractivity contribution in [2.24, 2.45) is 9.98 Å². The monoisotopic (exact) mass is 629 g/mol.